The standard InChI is InChI=1S/C7H14N6/c8-7-12-11-6(13(7)9)4-5-2-1-3-10-5/h5,10H,1-4,9H2,(H2,8,12). The molecule has 1 fully saturated rings. The van der Waals surface area contributed by atoms with E-state index in [0.29, 0.717) is 6.04 Å². The topological polar surface area (TPSA) is 94.8 Å². The maximum Gasteiger partial charge on any atom is 0.240 e. The van der Waals surface area contributed by atoms with Gasteiger partial charge in [-0.05, 0) is 19.4 Å². The summed E-state index contributed by atoms with van der Waals surface area (Å²) in [6, 6.07) is 0.478. The van der Waals surface area contributed by atoms with E-state index < -0.39 is 0 Å². The quantitative estimate of drug-likeness (QED) is 0.503. The van der Waals surface area contributed by atoms with E-state index in [4.69, 9.17) is 11.6 Å². The second-order valence-corrected chi connectivity index (χ2v) is 3.34. The lowest BCUT2D eigenvalue weighted by Crippen LogP contribution is -2.27. The van der Waals surface area contributed by atoms with E-state index in [1.807, 2.05) is 0 Å². The molecule has 1 saturated heterocycles. The lowest BCUT2D eigenvalue weighted by atomic mass is 10.1. The summed E-state index contributed by atoms with van der Waals surface area (Å²) in [5.41, 5.74) is 5.46. The molecule has 6 heteroatoms. The Kier molecular flexibility index (Phi) is 2.05. The van der Waals surface area contributed by atoms with Crippen LogP contribution in [0, 0.1) is 0 Å². The van der Waals surface area contributed by atoms with E-state index in [9.17, 15) is 0 Å². The Hall–Kier alpha value is -1.30. The van der Waals surface area contributed by atoms with E-state index >= 15 is 0 Å². The molecule has 72 valence electrons. The van der Waals surface area contributed by atoms with Gasteiger partial charge in [0.1, 0.15) is 0 Å². The Morgan fingerprint density at radius 1 is 1.54 bits per heavy atom. The summed E-state index contributed by atoms with van der Waals surface area (Å²) in [5, 5.41) is 11.0. The van der Waals surface area contributed by atoms with Crippen LogP contribution in [0.5, 0.6) is 0 Å². The third kappa shape index (κ3) is 1.57. The van der Waals surface area contributed by atoms with Crippen LogP contribution in [-0.2, 0) is 6.42 Å². The van der Waals surface area contributed by atoms with E-state index in [1.54, 1.807) is 0 Å². The predicted octanol–water partition coefficient (Wildman–Crippen LogP) is -1.13. The lowest BCUT2D eigenvalue weighted by molar-refractivity contribution is 0.577. The molecule has 0 amide bonds. The maximum absolute atomic E-state index is 5.62. The molecule has 2 rings (SSSR count). The monoisotopic (exact) mass is 182 g/mol. The van der Waals surface area contributed by atoms with Crippen molar-refractivity contribution in [2.24, 2.45) is 0 Å². The fraction of sp³-hybridized carbons (Fsp3) is 0.714. The lowest BCUT2D eigenvalue weighted by Gasteiger charge is -2.08. The molecular weight excluding hydrogens is 168 g/mol. The predicted molar refractivity (Wildman–Crippen MR) is 49.3 cm³/mol. The Morgan fingerprint density at radius 3 is 2.92 bits per heavy atom. The molecule has 1 aliphatic rings. The maximum atomic E-state index is 5.62. The van der Waals surface area contributed by atoms with Gasteiger partial charge in [0.05, 0.1) is 0 Å². The largest absolute Gasteiger partial charge is 0.366 e. The number of aromatic nitrogens is 3. The molecule has 5 N–H and O–H groups in total. The number of hydrogen-bond acceptors (Lipinski definition) is 5. The molecule has 1 aromatic rings. The van der Waals surface area contributed by atoms with Gasteiger partial charge in [-0.2, -0.15) is 0 Å². The highest BCUT2D eigenvalue weighted by molar-refractivity contribution is 5.17. The highest BCUT2D eigenvalue weighted by Crippen LogP contribution is 2.10. The number of nitrogens with one attached hydrogen (secondary N) is 1. The van der Waals surface area contributed by atoms with Crippen molar-refractivity contribution in [1.82, 2.24) is 20.2 Å². The van der Waals surface area contributed by atoms with E-state index in [-0.39, 0.29) is 5.95 Å². The van der Waals surface area contributed by atoms with Gasteiger partial charge in [0, 0.05) is 12.5 Å². The fourth-order valence-corrected chi connectivity index (χ4v) is 1.63. The first kappa shape index (κ1) is 8.31. The zero-order valence-corrected chi connectivity index (χ0v) is 7.40. The van der Waals surface area contributed by atoms with Gasteiger partial charge < -0.3 is 16.9 Å². The molecule has 1 unspecified atom stereocenters. The zero-order chi connectivity index (χ0) is 9.26. The van der Waals surface area contributed by atoms with Gasteiger partial charge in [0.2, 0.25) is 5.95 Å². The van der Waals surface area contributed by atoms with Crippen molar-refractivity contribution in [3.05, 3.63) is 5.82 Å². The first-order chi connectivity index (χ1) is 6.27. The molecule has 1 aliphatic heterocycles. The van der Waals surface area contributed by atoms with Crippen molar-refractivity contribution < 1.29 is 0 Å². The molecule has 0 aromatic carbocycles. The van der Waals surface area contributed by atoms with Crippen LogP contribution < -0.4 is 16.9 Å². The highest BCUT2D eigenvalue weighted by atomic mass is 15.4. The summed E-state index contributed by atoms with van der Waals surface area (Å²) in [7, 11) is 0. The summed E-state index contributed by atoms with van der Waals surface area (Å²) in [4.78, 5) is 0. The number of anilines is 1. The normalized spacial score (nSPS) is 22.3. The zero-order valence-electron chi connectivity index (χ0n) is 7.40. The van der Waals surface area contributed by atoms with Crippen LogP contribution in [0.15, 0.2) is 0 Å². The molecular formula is C7H14N6. The van der Waals surface area contributed by atoms with Crippen LogP contribution in [-0.4, -0.2) is 27.5 Å². The molecule has 0 spiro atoms. The number of nitrogen functional groups attached to an aromatic ring is 2. The summed E-state index contributed by atoms with van der Waals surface area (Å²) < 4.78 is 1.35. The molecule has 0 aliphatic carbocycles. The van der Waals surface area contributed by atoms with Crippen molar-refractivity contribution >= 4 is 5.95 Å². The van der Waals surface area contributed by atoms with Crippen LogP contribution in [0.3, 0.4) is 0 Å². The number of nitrogens with zero attached hydrogens (tertiary/aromatic N) is 3. The van der Waals surface area contributed by atoms with Gasteiger partial charge >= 0.3 is 0 Å². The van der Waals surface area contributed by atoms with E-state index in [1.165, 1.54) is 17.5 Å². The van der Waals surface area contributed by atoms with E-state index in [0.717, 1.165) is 18.8 Å². The average molecular weight is 182 g/mol. The van der Waals surface area contributed by atoms with Crippen LogP contribution >= 0.6 is 0 Å². The van der Waals surface area contributed by atoms with Gasteiger partial charge in [-0.25, -0.2) is 4.68 Å². The SMILES string of the molecule is Nc1nnc(CC2CCCN2)n1N. The molecule has 1 aromatic heterocycles. The summed E-state index contributed by atoms with van der Waals surface area (Å²) in [5.74, 6) is 6.64. The number of hydrogen-bond donors (Lipinski definition) is 3. The Labute approximate surface area is 76.3 Å². The first-order valence-corrected chi connectivity index (χ1v) is 4.45. The van der Waals surface area contributed by atoms with E-state index in [2.05, 4.69) is 15.5 Å². The third-order valence-corrected chi connectivity index (χ3v) is 2.38. The van der Waals surface area contributed by atoms with Gasteiger partial charge in [0.25, 0.3) is 0 Å². The minimum Gasteiger partial charge on any atom is -0.366 e. The third-order valence-electron chi connectivity index (χ3n) is 2.38. The highest BCUT2D eigenvalue weighted by Gasteiger charge is 2.17. The average Bonchev–Trinajstić information content (AvgIpc) is 2.71. The second-order valence-electron chi connectivity index (χ2n) is 3.34. The Bertz CT molecular complexity index is 287. The number of rotatable bonds is 2. The van der Waals surface area contributed by atoms with Crippen LogP contribution in [0.1, 0.15) is 18.7 Å². The number of nitrogens with two attached hydrogens (primary N) is 2. The second kappa shape index (κ2) is 3.21. The smallest absolute Gasteiger partial charge is 0.240 e. The van der Waals surface area contributed by atoms with Crippen molar-refractivity contribution in [2.45, 2.75) is 25.3 Å². The Balaban J connectivity index is 2.04. The summed E-state index contributed by atoms with van der Waals surface area (Å²) >= 11 is 0. The first-order valence-electron chi connectivity index (χ1n) is 4.45. The molecule has 6 nitrogen and oxygen atoms in total. The Morgan fingerprint density at radius 2 is 2.38 bits per heavy atom. The fourth-order valence-electron chi connectivity index (χ4n) is 1.63. The van der Waals surface area contributed by atoms with Crippen LogP contribution in [0.2, 0.25) is 0 Å². The van der Waals surface area contributed by atoms with Crippen molar-refractivity contribution in [1.29, 1.82) is 0 Å². The summed E-state index contributed by atoms with van der Waals surface area (Å²) in [6.45, 7) is 1.08. The minimum atomic E-state index is 0.271. The van der Waals surface area contributed by atoms with Crippen LogP contribution in [0.4, 0.5) is 5.95 Å². The molecule has 1 atom stereocenters. The van der Waals surface area contributed by atoms with Crippen LogP contribution in [0.25, 0.3) is 0 Å². The molecule has 0 radical (unpaired) electrons. The van der Waals surface area contributed by atoms with Crippen molar-refractivity contribution in [3.63, 3.8) is 0 Å². The van der Waals surface area contributed by atoms with Crippen molar-refractivity contribution in [2.75, 3.05) is 18.1 Å². The van der Waals surface area contributed by atoms with Crippen molar-refractivity contribution in [3.8, 4) is 0 Å². The molecule has 2 heterocycles. The molecule has 0 bridgehead atoms. The summed E-state index contributed by atoms with van der Waals surface area (Å²) in [6.07, 6.45) is 3.20. The molecule has 13 heavy (non-hydrogen) atoms. The molecule has 0 saturated carbocycles. The van der Waals surface area contributed by atoms with Gasteiger partial charge in [-0.1, -0.05) is 0 Å². The minimum absolute atomic E-state index is 0.271. The van der Waals surface area contributed by atoms with Gasteiger partial charge in [-0.3, -0.25) is 0 Å². The van der Waals surface area contributed by atoms with Gasteiger partial charge in [0.15, 0.2) is 5.82 Å². The van der Waals surface area contributed by atoms with Gasteiger partial charge in [-0.15, -0.1) is 10.2 Å².